The summed E-state index contributed by atoms with van der Waals surface area (Å²) in [5, 5.41) is 3.17. The molecule has 0 saturated carbocycles. The number of hydrogen-bond acceptors (Lipinski definition) is 3. The van der Waals surface area contributed by atoms with E-state index in [-0.39, 0.29) is 12.3 Å². The minimum Gasteiger partial charge on any atom is -0.317 e. The van der Waals surface area contributed by atoms with Gasteiger partial charge in [0.15, 0.2) is 0 Å². The van der Waals surface area contributed by atoms with Gasteiger partial charge >= 0.3 is 6.18 Å². The first-order valence-electron chi connectivity index (χ1n) is 6.50. The zero-order valence-electron chi connectivity index (χ0n) is 11.0. The fourth-order valence-electron chi connectivity index (χ4n) is 2.22. The average molecular weight is 302 g/mol. The number of rotatable bonds is 6. The van der Waals surface area contributed by atoms with Gasteiger partial charge in [-0.05, 0) is 38.3 Å². The van der Waals surface area contributed by atoms with Crippen molar-refractivity contribution in [3.63, 3.8) is 0 Å². The molecular formula is C11H21F3N2O2S. The third-order valence-corrected chi connectivity index (χ3v) is 5.27. The highest BCUT2D eigenvalue weighted by Gasteiger charge is 2.35. The molecule has 0 aromatic heterocycles. The summed E-state index contributed by atoms with van der Waals surface area (Å²) in [4.78, 5) is 0. The van der Waals surface area contributed by atoms with Gasteiger partial charge in [0.2, 0.25) is 10.0 Å². The van der Waals surface area contributed by atoms with Crippen LogP contribution in [-0.2, 0) is 10.0 Å². The van der Waals surface area contributed by atoms with Crippen LogP contribution in [0.4, 0.5) is 13.2 Å². The van der Waals surface area contributed by atoms with Crippen LogP contribution < -0.4 is 5.32 Å². The molecule has 0 aromatic carbocycles. The quantitative estimate of drug-likeness (QED) is 0.810. The van der Waals surface area contributed by atoms with E-state index in [1.165, 1.54) is 6.92 Å². The second-order valence-corrected chi connectivity index (χ2v) is 6.93. The molecule has 0 spiro atoms. The van der Waals surface area contributed by atoms with Crippen LogP contribution in [0.2, 0.25) is 0 Å². The Kier molecular flexibility index (Phi) is 6.07. The molecular weight excluding hydrogens is 281 g/mol. The molecule has 0 aliphatic carbocycles. The molecule has 4 nitrogen and oxygen atoms in total. The molecule has 8 heteroatoms. The molecule has 0 atom stereocenters. The second kappa shape index (κ2) is 6.90. The molecule has 0 unspecified atom stereocenters. The Morgan fingerprint density at radius 1 is 1.26 bits per heavy atom. The maximum Gasteiger partial charge on any atom is 0.402 e. The molecule has 19 heavy (non-hydrogen) atoms. The van der Waals surface area contributed by atoms with Gasteiger partial charge in [0.1, 0.15) is 6.54 Å². The highest BCUT2D eigenvalue weighted by molar-refractivity contribution is 7.89. The maximum absolute atomic E-state index is 12.3. The summed E-state index contributed by atoms with van der Waals surface area (Å²) in [6, 6.07) is 0. The summed E-state index contributed by atoms with van der Waals surface area (Å²) in [6.07, 6.45) is -2.27. The molecule has 1 aliphatic heterocycles. The lowest BCUT2D eigenvalue weighted by atomic mass is 9.96. The van der Waals surface area contributed by atoms with Gasteiger partial charge in [-0.3, -0.25) is 0 Å². The summed E-state index contributed by atoms with van der Waals surface area (Å²) >= 11 is 0. The van der Waals surface area contributed by atoms with Crippen LogP contribution in [0.25, 0.3) is 0 Å². The van der Waals surface area contributed by atoms with E-state index in [4.69, 9.17) is 0 Å². The highest BCUT2D eigenvalue weighted by Crippen LogP contribution is 2.21. The molecule has 1 rings (SSSR count). The van der Waals surface area contributed by atoms with Gasteiger partial charge in [0.05, 0.1) is 5.75 Å². The molecule has 0 amide bonds. The van der Waals surface area contributed by atoms with Gasteiger partial charge in [-0.25, -0.2) is 8.42 Å². The van der Waals surface area contributed by atoms with Crippen molar-refractivity contribution in [3.8, 4) is 0 Å². The summed E-state index contributed by atoms with van der Waals surface area (Å²) in [6.45, 7) is 1.59. The Morgan fingerprint density at radius 3 is 2.32 bits per heavy atom. The molecule has 1 aliphatic rings. The molecule has 1 heterocycles. The Balaban J connectivity index is 2.52. The van der Waals surface area contributed by atoms with Crippen LogP contribution in [-0.4, -0.2) is 50.8 Å². The standard InChI is InChI=1S/C11H21F3N2O2S/c1-2-16(9-11(12,13)14)19(17,18)8-5-10-3-6-15-7-4-10/h10,15H,2-9H2,1H3. The SMILES string of the molecule is CCN(CC(F)(F)F)S(=O)(=O)CCC1CCNCC1. The maximum atomic E-state index is 12.3. The molecule has 114 valence electrons. The molecule has 0 bridgehead atoms. The topological polar surface area (TPSA) is 49.4 Å². The van der Waals surface area contributed by atoms with Crippen molar-refractivity contribution in [2.45, 2.75) is 32.4 Å². The molecule has 0 radical (unpaired) electrons. The zero-order valence-corrected chi connectivity index (χ0v) is 11.9. The lowest BCUT2D eigenvalue weighted by Crippen LogP contribution is -2.40. The van der Waals surface area contributed by atoms with Crippen LogP contribution in [0.5, 0.6) is 0 Å². The van der Waals surface area contributed by atoms with Crippen molar-refractivity contribution in [1.29, 1.82) is 0 Å². The van der Waals surface area contributed by atoms with Crippen molar-refractivity contribution < 1.29 is 21.6 Å². The molecule has 1 saturated heterocycles. The number of alkyl halides is 3. The first kappa shape index (κ1) is 16.7. The third-order valence-electron chi connectivity index (χ3n) is 3.34. The summed E-state index contributed by atoms with van der Waals surface area (Å²) in [7, 11) is -3.81. The van der Waals surface area contributed by atoms with Gasteiger partial charge < -0.3 is 5.32 Å². The first-order chi connectivity index (χ1) is 8.74. The predicted molar refractivity (Wildman–Crippen MR) is 67.3 cm³/mol. The van der Waals surface area contributed by atoms with E-state index in [1.54, 1.807) is 0 Å². The van der Waals surface area contributed by atoms with Crippen LogP contribution >= 0.6 is 0 Å². The van der Waals surface area contributed by atoms with E-state index in [9.17, 15) is 21.6 Å². The van der Waals surface area contributed by atoms with Crippen LogP contribution in [0.15, 0.2) is 0 Å². The van der Waals surface area contributed by atoms with E-state index < -0.39 is 22.7 Å². The summed E-state index contributed by atoms with van der Waals surface area (Å²) < 4.78 is 61.2. The van der Waals surface area contributed by atoms with Crippen molar-refractivity contribution in [2.75, 3.05) is 31.9 Å². The van der Waals surface area contributed by atoms with Crippen molar-refractivity contribution in [3.05, 3.63) is 0 Å². The van der Waals surface area contributed by atoms with E-state index in [0.29, 0.717) is 16.6 Å². The second-order valence-electron chi connectivity index (χ2n) is 4.84. The summed E-state index contributed by atoms with van der Waals surface area (Å²) in [5.41, 5.74) is 0. The van der Waals surface area contributed by atoms with Crippen molar-refractivity contribution >= 4 is 10.0 Å². The number of nitrogens with one attached hydrogen (secondary N) is 1. The lowest BCUT2D eigenvalue weighted by Gasteiger charge is -2.25. The Bertz CT molecular complexity index is 365. The first-order valence-corrected chi connectivity index (χ1v) is 8.11. The number of sulfonamides is 1. The van der Waals surface area contributed by atoms with Crippen molar-refractivity contribution in [2.24, 2.45) is 5.92 Å². The normalized spacial score (nSPS) is 19.0. The Morgan fingerprint density at radius 2 is 1.84 bits per heavy atom. The van der Waals surface area contributed by atoms with Gasteiger partial charge in [-0.15, -0.1) is 0 Å². The number of nitrogens with zero attached hydrogens (tertiary/aromatic N) is 1. The van der Waals surface area contributed by atoms with Gasteiger partial charge in [-0.1, -0.05) is 6.92 Å². The average Bonchev–Trinajstić information content (AvgIpc) is 2.34. The van der Waals surface area contributed by atoms with Gasteiger partial charge in [-0.2, -0.15) is 17.5 Å². The largest absolute Gasteiger partial charge is 0.402 e. The molecule has 0 aromatic rings. The fourth-order valence-corrected chi connectivity index (χ4v) is 3.85. The Labute approximate surface area is 112 Å². The Hall–Kier alpha value is -0.340. The smallest absolute Gasteiger partial charge is 0.317 e. The number of piperidine rings is 1. The monoisotopic (exact) mass is 302 g/mol. The van der Waals surface area contributed by atoms with Gasteiger partial charge in [0.25, 0.3) is 0 Å². The van der Waals surface area contributed by atoms with Crippen LogP contribution in [0, 0.1) is 5.92 Å². The highest BCUT2D eigenvalue weighted by atomic mass is 32.2. The molecule has 1 fully saturated rings. The minimum atomic E-state index is -4.49. The predicted octanol–water partition coefficient (Wildman–Crippen LogP) is 1.59. The van der Waals surface area contributed by atoms with Crippen molar-refractivity contribution in [1.82, 2.24) is 9.62 Å². The minimum absolute atomic E-state index is 0.145. The van der Waals surface area contributed by atoms with E-state index >= 15 is 0 Å². The zero-order chi connectivity index (χ0) is 14.5. The van der Waals surface area contributed by atoms with E-state index in [0.717, 1.165) is 25.9 Å². The van der Waals surface area contributed by atoms with Crippen LogP contribution in [0.1, 0.15) is 26.2 Å². The number of hydrogen-bond donors (Lipinski definition) is 1. The number of halogens is 3. The van der Waals surface area contributed by atoms with E-state index in [1.807, 2.05) is 0 Å². The third kappa shape index (κ3) is 6.09. The fraction of sp³-hybridized carbons (Fsp3) is 1.00. The lowest BCUT2D eigenvalue weighted by molar-refractivity contribution is -0.135. The van der Waals surface area contributed by atoms with Crippen LogP contribution in [0.3, 0.4) is 0 Å². The van der Waals surface area contributed by atoms with E-state index in [2.05, 4.69) is 5.32 Å². The summed E-state index contributed by atoms with van der Waals surface area (Å²) in [5.74, 6) is 0.0994. The van der Waals surface area contributed by atoms with Gasteiger partial charge in [0, 0.05) is 6.54 Å². The molecule has 1 N–H and O–H groups in total.